The molecule has 0 saturated carbocycles. The van der Waals surface area contributed by atoms with E-state index in [9.17, 15) is 4.79 Å². The minimum atomic E-state index is 0.111. The predicted molar refractivity (Wildman–Crippen MR) is 106 cm³/mol. The minimum absolute atomic E-state index is 0.111. The Bertz CT molecular complexity index is 604. The third kappa shape index (κ3) is 5.86. The standard InChI is InChI=1S/C20H33N5O3/c1-27-11-7-21-19(26)17-4-3-8-25(15-17)18-5-9-24(10-6-18)14-16-12-22-20(28-2)23-13-16/h12-13,17-18H,3-11,14-15H2,1-2H3,(H,21,26). The second-order valence-corrected chi connectivity index (χ2v) is 7.70. The van der Waals surface area contributed by atoms with Gasteiger partial charge in [-0.1, -0.05) is 0 Å². The molecule has 2 aliphatic heterocycles. The Morgan fingerprint density at radius 1 is 1.18 bits per heavy atom. The number of hydrogen-bond acceptors (Lipinski definition) is 7. The summed E-state index contributed by atoms with van der Waals surface area (Å²) in [5.74, 6) is 0.291. The molecule has 2 aliphatic rings. The van der Waals surface area contributed by atoms with Gasteiger partial charge in [0.2, 0.25) is 5.91 Å². The lowest BCUT2D eigenvalue weighted by molar-refractivity contribution is -0.127. The maximum Gasteiger partial charge on any atom is 0.316 e. The highest BCUT2D eigenvalue weighted by Gasteiger charge is 2.31. The zero-order valence-electron chi connectivity index (χ0n) is 17.1. The number of carbonyl (C=O) groups excluding carboxylic acids is 1. The van der Waals surface area contributed by atoms with Crippen LogP contribution < -0.4 is 10.1 Å². The third-order valence-corrected chi connectivity index (χ3v) is 5.77. The van der Waals surface area contributed by atoms with Crippen molar-refractivity contribution in [3.63, 3.8) is 0 Å². The number of piperidine rings is 2. The molecule has 3 heterocycles. The van der Waals surface area contributed by atoms with Crippen LogP contribution in [0.25, 0.3) is 0 Å². The molecule has 0 radical (unpaired) electrons. The first-order chi connectivity index (χ1) is 13.7. The van der Waals surface area contributed by atoms with Crippen molar-refractivity contribution < 1.29 is 14.3 Å². The second kappa shape index (κ2) is 10.7. The fourth-order valence-corrected chi connectivity index (χ4v) is 4.20. The number of hydrogen-bond donors (Lipinski definition) is 1. The van der Waals surface area contributed by atoms with Gasteiger partial charge < -0.3 is 14.8 Å². The summed E-state index contributed by atoms with van der Waals surface area (Å²) in [5.41, 5.74) is 1.12. The highest BCUT2D eigenvalue weighted by molar-refractivity contribution is 5.78. The number of likely N-dealkylation sites (tertiary alicyclic amines) is 2. The average Bonchev–Trinajstić information content (AvgIpc) is 2.75. The van der Waals surface area contributed by atoms with E-state index in [1.165, 1.54) is 0 Å². The SMILES string of the molecule is COCCNC(=O)C1CCCN(C2CCN(Cc3cnc(OC)nc3)CC2)C1. The number of ether oxygens (including phenoxy) is 2. The summed E-state index contributed by atoms with van der Waals surface area (Å²) in [6.07, 6.45) is 8.08. The van der Waals surface area contributed by atoms with Crippen LogP contribution in [-0.2, 0) is 16.1 Å². The molecule has 0 spiro atoms. The Kier molecular flexibility index (Phi) is 8.00. The number of nitrogens with zero attached hydrogens (tertiary/aromatic N) is 4. The monoisotopic (exact) mass is 391 g/mol. The summed E-state index contributed by atoms with van der Waals surface area (Å²) in [5, 5.41) is 3.00. The van der Waals surface area contributed by atoms with Crippen LogP contribution in [0.1, 0.15) is 31.2 Å². The summed E-state index contributed by atoms with van der Waals surface area (Å²) in [6.45, 7) is 6.17. The van der Waals surface area contributed by atoms with Crippen LogP contribution in [-0.4, -0.2) is 85.3 Å². The third-order valence-electron chi connectivity index (χ3n) is 5.77. The van der Waals surface area contributed by atoms with Gasteiger partial charge in [-0.05, 0) is 45.3 Å². The molecule has 1 unspecified atom stereocenters. The lowest BCUT2D eigenvalue weighted by Crippen LogP contribution is -2.50. The van der Waals surface area contributed by atoms with E-state index in [-0.39, 0.29) is 11.8 Å². The van der Waals surface area contributed by atoms with Gasteiger partial charge in [-0.25, -0.2) is 9.97 Å². The molecule has 1 amide bonds. The quantitative estimate of drug-likeness (QED) is 0.660. The molecule has 0 aromatic carbocycles. The van der Waals surface area contributed by atoms with Gasteiger partial charge >= 0.3 is 6.01 Å². The number of carbonyl (C=O) groups is 1. The van der Waals surface area contributed by atoms with Crippen molar-refractivity contribution in [2.75, 3.05) is 53.6 Å². The van der Waals surface area contributed by atoms with Crippen LogP contribution in [0.15, 0.2) is 12.4 Å². The molecule has 2 fully saturated rings. The number of amides is 1. The smallest absolute Gasteiger partial charge is 0.316 e. The van der Waals surface area contributed by atoms with Crippen LogP contribution >= 0.6 is 0 Å². The first-order valence-corrected chi connectivity index (χ1v) is 10.3. The maximum atomic E-state index is 12.4. The molecule has 8 heteroatoms. The van der Waals surface area contributed by atoms with E-state index in [4.69, 9.17) is 9.47 Å². The number of aromatic nitrogens is 2. The van der Waals surface area contributed by atoms with Crippen LogP contribution in [0, 0.1) is 5.92 Å². The number of nitrogens with one attached hydrogen (secondary N) is 1. The van der Waals surface area contributed by atoms with E-state index in [0.29, 0.717) is 25.2 Å². The van der Waals surface area contributed by atoms with Gasteiger partial charge in [-0.3, -0.25) is 14.6 Å². The average molecular weight is 392 g/mol. The summed E-state index contributed by atoms with van der Waals surface area (Å²) in [6, 6.07) is 0.992. The van der Waals surface area contributed by atoms with Crippen LogP contribution in [0.2, 0.25) is 0 Å². The van der Waals surface area contributed by atoms with E-state index < -0.39 is 0 Å². The Labute approximate surface area is 167 Å². The van der Waals surface area contributed by atoms with E-state index in [0.717, 1.165) is 64.0 Å². The zero-order chi connectivity index (χ0) is 19.8. The Morgan fingerprint density at radius 2 is 1.93 bits per heavy atom. The van der Waals surface area contributed by atoms with Gasteiger partial charge in [-0.2, -0.15) is 0 Å². The van der Waals surface area contributed by atoms with E-state index in [1.807, 2.05) is 12.4 Å². The first kappa shape index (κ1) is 21.0. The fraction of sp³-hybridized carbons (Fsp3) is 0.750. The fourth-order valence-electron chi connectivity index (χ4n) is 4.20. The van der Waals surface area contributed by atoms with Gasteiger partial charge in [-0.15, -0.1) is 0 Å². The molecule has 0 bridgehead atoms. The van der Waals surface area contributed by atoms with Gasteiger partial charge in [0.1, 0.15) is 0 Å². The molecular weight excluding hydrogens is 358 g/mol. The Hall–Kier alpha value is -1.77. The van der Waals surface area contributed by atoms with Gasteiger partial charge in [0.15, 0.2) is 0 Å². The molecule has 156 valence electrons. The lowest BCUT2D eigenvalue weighted by atomic mass is 9.93. The highest BCUT2D eigenvalue weighted by Crippen LogP contribution is 2.24. The van der Waals surface area contributed by atoms with E-state index >= 15 is 0 Å². The zero-order valence-corrected chi connectivity index (χ0v) is 17.1. The number of methoxy groups -OCH3 is 2. The summed E-state index contributed by atoms with van der Waals surface area (Å²) in [4.78, 5) is 25.8. The predicted octanol–water partition coefficient (Wildman–Crippen LogP) is 0.924. The van der Waals surface area contributed by atoms with Crippen LogP contribution in [0.4, 0.5) is 0 Å². The van der Waals surface area contributed by atoms with Crippen molar-refractivity contribution in [1.82, 2.24) is 25.1 Å². The largest absolute Gasteiger partial charge is 0.467 e. The summed E-state index contributed by atoms with van der Waals surface area (Å²) < 4.78 is 10.0. The maximum absolute atomic E-state index is 12.4. The molecule has 1 atom stereocenters. The highest BCUT2D eigenvalue weighted by atomic mass is 16.5. The van der Waals surface area contributed by atoms with Gasteiger partial charge in [0.25, 0.3) is 0 Å². The van der Waals surface area contributed by atoms with Crippen molar-refractivity contribution in [3.05, 3.63) is 18.0 Å². The van der Waals surface area contributed by atoms with Gasteiger partial charge in [0.05, 0.1) is 19.6 Å². The molecule has 1 aromatic heterocycles. The van der Waals surface area contributed by atoms with Gasteiger partial charge in [0, 0.05) is 50.7 Å². The van der Waals surface area contributed by atoms with E-state index in [2.05, 4.69) is 25.1 Å². The molecule has 0 aliphatic carbocycles. The second-order valence-electron chi connectivity index (χ2n) is 7.70. The molecule has 28 heavy (non-hydrogen) atoms. The van der Waals surface area contributed by atoms with Crippen molar-refractivity contribution in [2.24, 2.45) is 5.92 Å². The van der Waals surface area contributed by atoms with Crippen molar-refractivity contribution in [1.29, 1.82) is 0 Å². The summed E-state index contributed by atoms with van der Waals surface area (Å²) >= 11 is 0. The molecule has 1 N–H and O–H groups in total. The first-order valence-electron chi connectivity index (χ1n) is 10.3. The minimum Gasteiger partial charge on any atom is -0.467 e. The Balaban J connectivity index is 1.42. The topological polar surface area (TPSA) is 79.8 Å². The summed E-state index contributed by atoms with van der Waals surface area (Å²) in [7, 11) is 3.23. The Morgan fingerprint density at radius 3 is 2.61 bits per heavy atom. The molecular formula is C20H33N5O3. The molecule has 2 saturated heterocycles. The van der Waals surface area contributed by atoms with Crippen LogP contribution in [0.5, 0.6) is 6.01 Å². The normalized spacial score (nSPS) is 22.1. The van der Waals surface area contributed by atoms with Crippen LogP contribution in [0.3, 0.4) is 0 Å². The van der Waals surface area contributed by atoms with Crippen molar-refractivity contribution >= 4 is 5.91 Å². The molecule has 1 aromatic rings. The lowest BCUT2D eigenvalue weighted by Gasteiger charge is -2.42. The molecule has 3 rings (SSSR count). The molecule has 8 nitrogen and oxygen atoms in total. The van der Waals surface area contributed by atoms with Crippen molar-refractivity contribution in [3.8, 4) is 6.01 Å². The van der Waals surface area contributed by atoms with Crippen molar-refractivity contribution in [2.45, 2.75) is 38.3 Å². The number of rotatable bonds is 8. The van der Waals surface area contributed by atoms with E-state index in [1.54, 1.807) is 14.2 Å².